The number of aliphatic carboxylic acids is 1. The Morgan fingerprint density at radius 2 is 1.94 bits per heavy atom. The van der Waals surface area contributed by atoms with Gasteiger partial charge in [0.15, 0.2) is 11.3 Å². The van der Waals surface area contributed by atoms with E-state index in [0.29, 0.717) is 26.6 Å². The predicted molar refractivity (Wildman–Crippen MR) is 110 cm³/mol. The van der Waals surface area contributed by atoms with Crippen LogP contribution in [0.4, 0.5) is 4.39 Å². The molecule has 2 aromatic carbocycles. The van der Waals surface area contributed by atoms with Crippen molar-refractivity contribution in [3.63, 3.8) is 0 Å². The fraction of sp³-hybridized carbons (Fsp3) is 0.200. The Hall–Kier alpha value is -3.54. The highest BCUT2D eigenvalue weighted by molar-refractivity contribution is 6.30. The van der Waals surface area contributed by atoms with Gasteiger partial charge < -0.3 is 15.4 Å². The molecule has 10 nitrogen and oxygen atoms in total. The molecule has 0 aliphatic rings. The molecule has 3 aromatic rings. The van der Waals surface area contributed by atoms with Gasteiger partial charge in [-0.3, -0.25) is 10.2 Å². The van der Waals surface area contributed by atoms with Gasteiger partial charge in [-0.2, -0.15) is 0 Å². The van der Waals surface area contributed by atoms with E-state index in [1.54, 1.807) is 24.3 Å². The number of carboxylic acid groups (broad SMARTS) is 1. The molecule has 0 spiro atoms. The van der Waals surface area contributed by atoms with E-state index in [-0.39, 0.29) is 12.2 Å². The number of nitrogens with zero attached hydrogens (tertiary/aromatic N) is 4. The van der Waals surface area contributed by atoms with Gasteiger partial charge in [0, 0.05) is 17.1 Å². The normalized spacial score (nSPS) is 13.0. The standard InChI is InChI=1S/C20H19ClFN5O5/c1-20(31,19(29)30)11-26(24-18(28)17-10-27(32)25-23-17)9-12-2-4-13(5-3-12)15-8-14(21)6-7-16(15)22/h2-8,10,31-32H,9,11H2,1H3,(H,24,28)(H,29,30). The highest BCUT2D eigenvalue weighted by Crippen LogP contribution is 2.26. The third-order valence-electron chi connectivity index (χ3n) is 4.50. The van der Waals surface area contributed by atoms with Crippen LogP contribution in [0.3, 0.4) is 0 Å². The lowest BCUT2D eigenvalue weighted by molar-refractivity contribution is -0.159. The summed E-state index contributed by atoms with van der Waals surface area (Å²) in [5.41, 5.74) is 1.55. The van der Waals surface area contributed by atoms with Crippen LogP contribution >= 0.6 is 11.6 Å². The van der Waals surface area contributed by atoms with E-state index >= 15 is 0 Å². The molecule has 0 bridgehead atoms. The van der Waals surface area contributed by atoms with Crippen molar-refractivity contribution < 1.29 is 29.4 Å². The molecular formula is C20H19ClFN5O5. The van der Waals surface area contributed by atoms with Gasteiger partial charge >= 0.3 is 5.97 Å². The highest BCUT2D eigenvalue weighted by Gasteiger charge is 2.33. The number of hydrazine groups is 1. The summed E-state index contributed by atoms with van der Waals surface area (Å²) in [6, 6.07) is 10.8. The Bertz CT molecular complexity index is 1140. The second-order valence-electron chi connectivity index (χ2n) is 7.22. The van der Waals surface area contributed by atoms with Gasteiger partial charge in [0.2, 0.25) is 0 Å². The van der Waals surface area contributed by atoms with Gasteiger partial charge in [0.05, 0.1) is 12.7 Å². The molecule has 12 heteroatoms. The van der Waals surface area contributed by atoms with Crippen molar-refractivity contribution in [2.24, 2.45) is 0 Å². The Labute approximate surface area is 186 Å². The molecule has 1 unspecified atom stereocenters. The highest BCUT2D eigenvalue weighted by atomic mass is 35.5. The fourth-order valence-electron chi connectivity index (χ4n) is 2.86. The Kier molecular flexibility index (Phi) is 6.72. The van der Waals surface area contributed by atoms with E-state index in [9.17, 15) is 29.4 Å². The van der Waals surface area contributed by atoms with Crippen LogP contribution in [0.1, 0.15) is 23.0 Å². The lowest BCUT2D eigenvalue weighted by Crippen LogP contribution is -2.52. The molecule has 0 aliphatic heterocycles. The number of halogens is 2. The minimum Gasteiger partial charge on any atom is -0.479 e. The fourth-order valence-corrected chi connectivity index (χ4v) is 3.04. The van der Waals surface area contributed by atoms with Crippen molar-refractivity contribution >= 4 is 23.5 Å². The second-order valence-corrected chi connectivity index (χ2v) is 7.66. The van der Waals surface area contributed by atoms with Crippen LogP contribution in [0, 0.1) is 5.82 Å². The zero-order valence-corrected chi connectivity index (χ0v) is 17.5. The lowest BCUT2D eigenvalue weighted by atomic mass is 10.0. The van der Waals surface area contributed by atoms with Gasteiger partial charge in [-0.1, -0.05) is 40.7 Å². The van der Waals surface area contributed by atoms with Crippen LogP contribution in [-0.2, 0) is 11.3 Å². The summed E-state index contributed by atoms with van der Waals surface area (Å²) in [5, 5.41) is 36.8. The van der Waals surface area contributed by atoms with Crippen LogP contribution in [0.15, 0.2) is 48.7 Å². The number of benzene rings is 2. The molecule has 32 heavy (non-hydrogen) atoms. The smallest absolute Gasteiger partial charge is 0.336 e. The van der Waals surface area contributed by atoms with Gasteiger partial charge in [0.1, 0.15) is 5.82 Å². The molecule has 0 aliphatic carbocycles. The molecular weight excluding hydrogens is 445 g/mol. The van der Waals surface area contributed by atoms with E-state index in [2.05, 4.69) is 15.7 Å². The number of aromatic nitrogens is 3. The number of carboxylic acids is 1. The van der Waals surface area contributed by atoms with Crippen LogP contribution in [0.5, 0.6) is 0 Å². The summed E-state index contributed by atoms with van der Waals surface area (Å²) in [6.45, 7) is 0.621. The monoisotopic (exact) mass is 463 g/mol. The van der Waals surface area contributed by atoms with Crippen molar-refractivity contribution in [1.29, 1.82) is 0 Å². The number of aliphatic hydroxyl groups is 1. The van der Waals surface area contributed by atoms with Crippen molar-refractivity contribution in [3.8, 4) is 11.1 Å². The maximum atomic E-state index is 14.1. The summed E-state index contributed by atoms with van der Waals surface area (Å²) >= 11 is 5.94. The zero-order chi connectivity index (χ0) is 23.5. The first-order chi connectivity index (χ1) is 15.0. The molecule has 168 valence electrons. The van der Waals surface area contributed by atoms with E-state index in [4.69, 9.17) is 11.6 Å². The topological polar surface area (TPSA) is 141 Å². The van der Waals surface area contributed by atoms with Crippen molar-refractivity contribution in [2.45, 2.75) is 19.1 Å². The van der Waals surface area contributed by atoms with Crippen molar-refractivity contribution in [2.75, 3.05) is 6.54 Å². The SMILES string of the molecule is CC(O)(CN(Cc1ccc(-c2cc(Cl)ccc2F)cc1)NC(=O)c1cn(O)nn1)C(=O)O. The average Bonchev–Trinajstić information content (AvgIpc) is 3.16. The van der Waals surface area contributed by atoms with E-state index in [1.165, 1.54) is 23.2 Å². The molecule has 1 aromatic heterocycles. The minimum absolute atomic E-state index is 0.000734. The number of nitrogens with one attached hydrogen (secondary N) is 1. The van der Waals surface area contributed by atoms with Crippen LogP contribution < -0.4 is 5.43 Å². The Morgan fingerprint density at radius 1 is 1.25 bits per heavy atom. The number of amides is 1. The molecule has 1 amide bonds. The van der Waals surface area contributed by atoms with Crippen LogP contribution in [-0.4, -0.2) is 59.6 Å². The molecule has 1 heterocycles. The van der Waals surface area contributed by atoms with Gasteiger partial charge in [-0.15, -0.1) is 5.10 Å². The number of hydrogen-bond acceptors (Lipinski definition) is 7. The third-order valence-corrected chi connectivity index (χ3v) is 4.74. The summed E-state index contributed by atoms with van der Waals surface area (Å²) in [4.78, 5) is 24.0. The van der Waals surface area contributed by atoms with Crippen LogP contribution in [0.2, 0.25) is 5.02 Å². The predicted octanol–water partition coefficient (Wildman–Crippen LogP) is 1.96. The van der Waals surface area contributed by atoms with E-state index in [1.807, 2.05) is 0 Å². The number of rotatable bonds is 8. The van der Waals surface area contributed by atoms with Gasteiger partial charge in [-0.25, -0.2) is 14.2 Å². The summed E-state index contributed by atoms with van der Waals surface area (Å²) in [7, 11) is 0. The molecule has 0 saturated carbocycles. The number of carbonyl (C=O) groups is 2. The Morgan fingerprint density at radius 3 is 2.53 bits per heavy atom. The lowest BCUT2D eigenvalue weighted by Gasteiger charge is -2.29. The largest absolute Gasteiger partial charge is 0.479 e. The summed E-state index contributed by atoms with van der Waals surface area (Å²) in [5.74, 6) is -2.69. The molecule has 1 atom stereocenters. The summed E-state index contributed by atoms with van der Waals surface area (Å²) in [6.07, 6.45) is 0.956. The first-order valence-corrected chi connectivity index (χ1v) is 9.60. The van der Waals surface area contributed by atoms with E-state index in [0.717, 1.165) is 13.1 Å². The molecule has 3 rings (SSSR count). The molecule has 0 saturated heterocycles. The summed E-state index contributed by atoms with van der Waals surface area (Å²) < 4.78 is 14.1. The zero-order valence-electron chi connectivity index (χ0n) is 16.7. The van der Waals surface area contributed by atoms with Crippen molar-refractivity contribution in [1.82, 2.24) is 25.6 Å². The van der Waals surface area contributed by atoms with Crippen molar-refractivity contribution in [3.05, 3.63) is 70.8 Å². The average molecular weight is 464 g/mol. The first kappa shape index (κ1) is 23.1. The molecule has 0 fully saturated rings. The maximum absolute atomic E-state index is 14.1. The number of hydrogen-bond donors (Lipinski definition) is 4. The second kappa shape index (κ2) is 9.30. The third kappa shape index (κ3) is 5.58. The molecule has 4 N–H and O–H groups in total. The quantitative estimate of drug-likeness (QED) is 0.293. The maximum Gasteiger partial charge on any atom is 0.336 e. The van der Waals surface area contributed by atoms with E-state index < -0.39 is 29.8 Å². The van der Waals surface area contributed by atoms with Gasteiger partial charge in [-0.05, 0) is 41.5 Å². The number of carbonyl (C=O) groups excluding carboxylic acids is 1. The first-order valence-electron chi connectivity index (χ1n) is 9.23. The Balaban J connectivity index is 1.81. The minimum atomic E-state index is -2.17. The molecule has 0 radical (unpaired) electrons. The van der Waals surface area contributed by atoms with Crippen LogP contribution in [0.25, 0.3) is 11.1 Å². The van der Waals surface area contributed by atoms with Gasteiger partial charge in [0.25, 0.3) is 5.91 Å².